The second-order valence-electron chi connectivity index (χ2n) is 2.85. The second-order valence-corrected chi connectivity index (χ2v) is 2.85. The van der Waals surface area contributed by atoms with E-state index in [4.69, 9.17) is 5.73 Å². The first-order valence-corrected chi connectivity index (χ1v) is 4.19. The van der Waals surface area contributed by atoms with Gasteiger partial charge in [-0.2, -0.15) is 5.10 Å². The van der Waals surface area contributed by atoms with Gasteiger partial charge in [0.15, 0.2) is 0 Å². The van der Waals surface area contributed by atoms with Gasteiger partial charge in [0, 0.05) is 19.2 Å². The Morgan fingerprint density at radius 3 is 3.08 bits per heavy atom. The summed E-state index contributed by atoms with van der Waals surface area (Å²) in [6, 6.07) is 0. The number of hydrogen-bond acceptors (Lipinski definition) is 3. The Morgan fingerprint density at radius 2 is 2.54 bits per heavy atom. The van der Waals surface area contributed by atoms with Crippen LogP contribution in [0, 0.1) is 0 Å². The van der Waals surface area contributed by atoms with E-state index in [2.05, 4.69) is 10.4 Å². The van der Waals surface area contributed by atoms with Crippen molar-refractivity contribution in [3.05, 3.63) is 11.8 Å². The van der Waals surface area contributed by atoms with Crippen molar-refractivity contribution < 1.29 is 4.79 Å². The van der Waals surface area contributed by atoms with Crippen LogP contribution in [0.5, 0.6) is 0 Å². The van der Waals surface area contributed by atoms with Crippen LogP contribution in [0.15, 0.2) is 6.20 Å². The topological polar surface area (TPSA) is 72.9 Å². The Kier molecular flexibility index (Phi) is 3.31. The summed E-state index contributed by atoms with van der Waals surface area (Å²) >= 11 is 0. The zero-order valence-electron chi connectivity index (χ0n) is 7.66. The van der Waals surface area contributed by atoms with Gasteiger partial charge in [-0.3, -0.25) is 9.48 Å². The van der Waals surface area contributed by atoms with Crippen molar-refractivity contribution in [3.63, 3.8) is 0 Å². The van der Waals surface area contributed by atoms with E-state index in [1.165, 1.54) is 0 Å². The van der Waals surface area contributed by atoms with E-state index < -0.39 is 0 Å². The lowest BCUT2D eigenvalue weighted by Gasteiger charge is -1.99. The molecule has 0 aliphatic carbocycles. The molecule has 0 saturated heterocycles. The highest BCUT2D eigenvalue weighted by molar-refractivity contribution is 5.45. The van der Waals surface area contributed by atoms with Crippen LogP contribution in [0.1, 0.15) is 12.0 Å². The maximum absolute atomic E-state index is 9.93. The van der Waals surface area contributed by atoms with Crippen LogP contribution in [-0.2, 0) is 18.3 Å². The number of carbonyl (C=O) groups excluding carboxylic acids is 1. The highest BCUT2D eigenvalue weighted by atomic mass is 16.1. The third kappa shape index (κ3) is 2.47. The first kappa shape index (κ1) is 9.57. The molecular formula is C8H14N4O. The number of rotatable bonds is 5. The van der Waals surface area contributed by atoms with Gasteiger partial charge < -0.3 is 11.1 Å². The molecule has 0 atom stereocenters. The smallest absolute Gasteiger partial charge is 0.207 e. The lowest BCUT2D eigenvalue weighted by molar-refractivity contribution is -0.109. The highest BCUT2D eigenvalue weighted by Gasteiger charge is 2.02. The minimum Gasteiger partial charge on any atom is -0.384 e. The van der Waals surface area contributed by atoms with Crippen LogP contribution in [0.4, 0.5) is 5.82 Å². The zero-order valence-corrected chi connectivity index (χ0v) is 7.66. The first-order chi connectivity index (χ1) is 6.25. The molecule has 5 nitrogen and oxygen atoms in total. The third-order valence-corrected chi connectivity index (χ3v) is 1.91. The Morgan fingerprint density at radius 1 is 1.77 bits per heavy atom. The van der Waals surface area contributed by atoms with Gasteiger partial charge in [-0.05, 0) is 12.8 Å². The van der Waals surface area contributed by atoms with Crippen molar-refractivity contribution in [1.29, 1.82) is 0 Å². The molecule has 0 aromatic carbocycles. The molecule has 0 aliphatic heterocycles. The minimum atomic E-state index is 0.678. The molecule has 0 radical (unpaired) electrons. The van der Waals surface area contributed by atoms with Gasteiger partial charge in [-0.15, -0.1) is 0 Å². The van der Waals surface area contributed by atoms with Crippen LogP contribution in [0.2, 0.25) is 0 Å². The molecule has 0 aliphatic rings. The average Bonchev–Trinajstić information content (AvgIpc) is 2.43. The van der Waals surface area contributed by atoms with E-state index in [9.17, 15) is 4.79 Å². The second kappa shape index (κ2) is 4.49. The summed E-state index contributed by atoms with van der Waals surface area (Å²) in [6.07, 6.45) is 4.19. The van der Waals surface area contributed by atoms with Gasteiger partial charge in [0.2, 0.25) is 6.41 Å². The summed E-state index contributed by atoms with van der Waals surface area (Å²) in [5, 5.41) is 6.61. The van der Waals surface area contributed by atoms with E-state index in [1.54, 1.807) is 10.9 Å². The molecule has 0 fully saturated rings. The fourth-order valence-electron chi connectivity index (χ4n) is 1.12. The van der Waals surface area contributed by atoms with Gasteiger partial charge >= 0.3 is 0 Å². The Bertz CT molecular complexity index is 282. The molecule has 3 N–H and O–H groups in total. The molecule has 13 heavy (non-hydrogen) atoms. The van der Waals surface area contributed by atoms with Crippen LogP contribution in [0.25, 0.3) is 0 Å². The van der Waals surface area contributed by atoms with Crippen molar-refractivity contribution in [2.45, 2.75) is 12.8 Å². The third-order valence-electron chi connectivity index (χ3n) is 1.91. The molecule has 0 spiro atoms. The van der Waals surface area contributed by atoms with Gasteiger partial charge in [0.05, 0.1) is 6.20 Å². The van der Waals surface area contributed by atoms with Crippen LogP contribution < -0.4 is 11.1 Å². The molecule has 72 valence electrons. The molecule has 1 aromatic rings. The van der Waals surface area contributed by atoms with Crippen molar-refractivity contribution in [2.75, 3.05) is 12.3 Å². The summed E-state index contributed by atoms with van der Waals surface area (Å²) in [6.45, 7) is 0.678. The van der Waals surface area contributed by atoms with Crippen LogP contribution in [0.3, 0.4) is 0 Å². The lowest BCUT2D eigenvalue weighted by atomic mass is 10.2. The maximum atomic E-state index is 9.93. The first-order valence-electron chi connectivity index (χ1n) is 4.19. The Balaban J connectivity index is 2.36. The maximum Gasteiger partial charge on any atom is 0.207 e. The summed E-state index contributed by atoms with van der Waals surface area (Å²) in [4.78, 5) is 9.93. The summed E-state index contributed by atoms with van der Waals surface area (Å²) in [5.41, 5.74) is 6.77. The van der Waals surface area contributed by atoms with E-state index in [0.29, 0.717) is 18.8 Å². The number of nitrogens with zero attached hydrogens (tertiary/aromatic N) is 2. The molecule has 1 aromatic heterocycles. The molecule has 1 heterocycles. The number of carbonyl (C=O) groups is 1. The van der Waals surface area contributed by atoms with E-state index in [-0.39, 0.29) is 0 Å². The number of nitrogens with one attached hydrogen (secondary N) is 1. The predicted molar refractivity (Wildman–Crippen MR) is 50.0 cm³/mol. The number of anilines is 1. The van der Waals surface area contributed by atoms with Gasteiger partial charge in [0.1, 0.15) is 5.82 Å². The lowest BCUT2D eigenvalue weighted by Crippen LogP contribution is -2.12. The van der Waals surface area contributed by atoms with E-state index in [1.807, 2.05) is 7.05 Å². The summed E-state index contributed by atoms with van der Waals surface area (Å²) in [5.74, 6) is 0.700. The number of nitrogens with two attached hydrogens (primary N) is 1. The van der Waals surface area contributed by atoms with Crippen molar-refractivity contribution in [3.8, 4) is 0 Å². The quantitative estimate of drug-likeness (QED) is 0.484. The zero-order chi connectivity index (χ0) is 9.68. The number of aryl methyl sites for hydroxylation is 2. The number of nitrogen functional groups attached to an aromatic ring is 1. The fraction of sp³-hybridized carbons (Fsp3) is 0.500. The molecular weight excluding hydrogens is 168 g/mol. The van der Waals surface area contributed by atoms with Crippen LogP contribution in [-0.4, -0.2) is 22.7 Å². The molecule has 1 rings (SSSR count). The predicted octanol–water partition coefficient (Wildman–Crippen LogP) is -0.319. The molecule has 0 bridgehead atoms. The number of amides is 1. The normalized spacial score (nSPS) is 9.92. The minimum absolute atomic E-state index is 0.678. The van der Waals surface area contributed by atoms with Crippen molar-refractivity contribution in [2.24, 2.45) is 7.05 Å². The van der Waals surface area contributed by atoms with E-state index >= 15 is 0 Å². The van der Waals surface area contributed by atoms with Gasteiger partial charge in [-0.25, -0.2) is 0 Å². The summed E-state index contributed by atoms with van der Waals surface area (Å²) < 4.78 is 1.64. The van der Waals surface area contributed by atoms with Gasteiger partial charge in [-0.1, -0.05) is 0 Å². The largest absolute Gasteiger partial charge is 0.384 e. The van der Waals surface area contributed by atoms with Gasteiger partial charge in [0.25, 0.3) is 0 Å². The fourth-order valence-corrected chi connectivity index (χ4v) is 1.12. The van der Waals surface area contributed by atoms with Crippen molar-refractivity contribution >= 4 is 12.2 Å². The molecule has 5 heteroatoms. The molecule has 0 unspecified atom stereocenters. The molecule has 0 saturated carbocycles. The van der Waals surface area contributed by atoms with Crippen molar-refractivity contribution in [1.82, 2.24) is 15.1 Å². The average molecular weight is 182 g/mol. The van der Waals surface area contributed by atoms with E-state index in [0.717, 1.165) is 18.4 Å². The SMILES string of the molecule is Cn1ncc(CCCNC=O)c1N. The number of aromatic nitrogens is 2. The monoisotopic (exact) mass is 182 g/mol. The standard InChI is InChI=1S/C8H14N4O/c1-12-8(9)7(5-11-12)3-2-4-10-6-13/h5-6H,2-4,9H2,1H3,(H,10,13). The highest BCUT2D eigenvalue weighted by Crippen LogP contribution is 2.10. The summed E-state index contributed by atoms with van der Waals surface area (Å²) in [7, 11) is 1.81. The van der Waals surface area contributed by atoms with Crippen LogP contribution >= 0.6 is 0 Å². The number of hydrogen-bond donors (Lipinski definition) is 2. The Hall–Kier alpha value is -1.52. The Labute approximate surface area is 76.9 Å². The molecule has 1 amide bonds.